The highest BCUT2D eigenvalue weighted by Gasteiger charge is 2.33. The Bertz CT molecular complexity index is 920. The van der Waals surface area contributed by atoms with Gasteiger partial charge in [-0.15, -0.1) is 0 Å². The molecule has 0 spiro atoms. The molecule has 0 saturated carbocycles. The van der Waals surface area contributed by atoms with E-state index in [1.165, 1.54) is 16.7 Å². The summed E-state index contributed by atoms with van der Waals surface area (Å²) in [5, 5.41) is 0. The second-order valence-electron chi connectivity index (χ2n) is 5.46. The van der Waals surface area contributed by atoms with Crippen molar-refractivity contribution in [3.05, 3.63) is 51.3 Å². The molecule has 0 unspecified atom stereocenters. The van der Waals surface area contributed by atoms with Crippen molar-refractivity contribution in [1.82, 2.24) is 0 Å². The van der Waals surface area contributed by atoms with Crippen LogP contribution in [0.25, 0.3) is 6.08 Å². The normalized spacial score (nSPS) is 15.4. The fraction of sp³-hybridized carbons (Fsp3) is 0.158. The van der Waals surface area contributed by atoms with Gasteiger partial charge in [0.05, 0.1) is 31.9 Å². The van der Waals surface area contributed by atoms with E-state index in [1.54, 1.807) is 39.5 Å². The van der Waals surface area contributed by atoms with Gasteiger partial charge in [0.25, 0.3) is 5.91 Å². The Balaban J connectivity index is 1.99. The van der Waals surface area contributed by atoms with Crippen LogP contribution in [0.5, 0.6) is 17.2 Å². The van der Waals surface area contributed by atoms with Gasteiger partial charge in [0, 0.05) is 4.47 Å². The number of methoxy groups -OCH3 is 3. The van der Waals surface area contributed by atoms with Crippen LogP contribution in [0.3, 0.4) is 0 Å². The zero-order valence-electron chi connectivity index (χ0n) is 14.8. The summed E-state index contributed by atoms with van der Waals surface area (Å²) < 4.78 is 17.4. The number of thiocarbonyl (C=S) groups is 1. The summed E-state index contributed by atoms with van der Waals surface area (Å²) >= 11 is 10.1. The fourth-order valence-electron chi connectivity index (χ4n) is 2.64. The lowest BCUT2D eigenvalue weighted by atomic mass is 10.1. The SMILES string of the molecule is COc1cc(C=C2SC(=S)N(c3cccc(Br)c3)C2=O)cc(OC)c1OC. The third kappa shape index (κ3) is 3.97. The Morgan fingerprint density at radius 3 is 2.30 bits per heavy atom. The number of nitrogens with zero attached hydrogens (tertiary/aromatic N) is 1. The van der Waals surface area contributed by atoms with Crippen LogP contribution in [0.2, 0.25) is 0 Å². The van der Waals surface area contributed by atoms with Gasteiger partial charge in [-0.1, -0.05) is 46.0 Å². The summed E-state index contributed by atoms with van der Waals surface area (Å²) in [5.74, 6) is 1.37. The van der Waals surface area contributed by atoms with Crippen LogP contribution < -0.4 is 19.1 Å². The number of ether oxygens (including phenoxy) is 3. The number of amides is 1. The molecule has 1 aliphatic heterocycles. The molecule has 8 heteroatoms. The average Bonchev–Trinajstić information content (AvgIpc) is 2.94. The topological polar surface area (TPSA) is 48.0 Å². The molecular formula is C19H16BrNO4S2. The minimum atomic E-state index is -0.170. The molecule has 1 aliphatic rings. The van der Waals surface area contributed by atoms with E-state index in [0.29, 0.717) is 26.5 Å². The molecular weight excluding hydrogens is 450 g/mol. The van der Waals surface area contributed by atoms with Crippen molar-refractivity contribution in [1.29, 1.82) is 0 Å². The minimum absolute atomic E-state index is 0.170. The summed E-state index contributed by atoms with van der Waals surface area (Å²) in [6, 6.07) is 11.0. The van der Waals surface area contributed by atoms with Crippen molar-refractivity contribution in [2.75, 3.05) is 26.2 Å². The summed E-state index contributed by atoms with van der Waals surface area (Å²) in [4.78, 5) is 15.0. The molecule has 0 bridgehead atoms. The zero-order valence-corrected chi connectivity index (χ0v) is 18.0. The Morgan fingerprint density at radius 1 is 1.07 bits per heavy atom. The Hall–Kier alpha value is -2.03. The van der Waals surface area contributed by atoms with Gasteiger partial charge in [0.1, 0.15) is 0 Å². The third-order valence-electron chi connectivity index (χ3n) is 3.84. The second-order valence-corrected chi connectivity index (χ2v) is 8.05. The number of anilines is 1. The van der Waals surface area contributed by atoms with Crippen LogP contribution >= 0.6 is 39.9 Å². The molecule has 1 heterocycles. The molecule has 2 aromatic carbocycles. The first kappa shape index (κ1) is 19.7. The molecule has 5 nitrogen and oxygen atoms in total. The molecule has 0 aromatic heterocycles. The summed E-state index contributed by atoms with van der Waals surface area (Å²) in [7, 11) is 4.64. The highest BCUT2D eigenvalue weighted by atomic mass is 79.9. The number of benzene rings is 2. The van der Waals surface area contributed by atoms with Crippen LogP contribution in [0.15, 0.2) is 45.8 Å². The number of halogens is 1. The second kappa shape index (κ2) is 8.33. The van der Waals surface area contributed by atoms with E-state index in [0.717, 1.165) is 15.7 Å². The maximum absolute atomic E-state index is 12.9. The number of carbonyl (C=O) groups excluding carboxylic acids is 1. The maximum Gasteiger partial charge on any atom is 0.270 e. The standard InChI is InChI=1S/C19H16BrNO4S2/c1-23-14-7-11(8-15(24-2)17(14)25-3)9-16-18(22)21(19(26)27-16)13-6-4-5-12(20)10-13/h4-10H,1-3H3. The summed E-state index contributed by atoms with van der Waals surface area (Å²) in [6.45, 7) is 0. The van der Waals surface area contributed by atoms with E-state index in [2.05, 4.69) is 15.9 Å². The Morgan fingerprint density at radius 2 is 1.74 bits per heavy atom. The van der Waals surface area contributed by atoms with Crippen molar-refractivity contribution < 1.29 is 19.0 Å². The van der Waals surface area contributed by atoms with E-state index in [-0.39, 0.29) is 5.91 Å². The number of hydrogen-bond donors (Lipinski definition) is 0. The largest absolute Gasteiger partial charge is 0.493 e. The van der Waals surface area contributed by atoms with Crippen molar-refractivity contribution in [2.45, 2.75) is 0 Å². The monoisotopic (exact) mass is 465 g/mol. The van der Waals surface area contributed by atoms with Gasteiger partial charge in [-0.3, -0.25) is 9.69 Å². The molecule has 1 saturated heterocycles. The molecule has 0 radical (unpaired) electrons. The van der Waals surface area contributed by atoms with E-state index < -0.39 is 0 Å². The predicted molar refractivity (Wildman–Crippen MR) is 116 cm³/mol. The number of thioether (sulfide) groups is 1. The van der Waals surface area contributed by atoms with E-state index in [1.807, 2.05) is 24.3 Å². The van der Waals surface area contributed by atoms with Gasteiger partial charge in [-0.2, -0.15) is 0 Å². The van der Waals surface area contributed by atoms with Gasteiger partial charge < -0.3 is 14.2 Å². The molecule has 1 amide bonds. The number of hydrogen-bond acceptors (Lipinski definition) is 6. The average molecular weight is 466 g/mol. The van der Waals surface area contributed by atoms with Gasteiger partial charge >= 0.3 is 0 Å². The molecule has 0 N–H and O–H groups in total. The predicted octanol–water partition coefficient (Wildman–Crippen LogP) is 4.88. The smallest absolute Gasteiger partial charge is 0.270 e. The molecule has 0 aliphatic carbocycles. The van der Waals surface area contributed by atoms with Crippen molar-refractivity contribution in [2.24, 2.45) is 0 Å². The first-order valence-corrected chi connectivity index (χ1v) is 9.83. The third-order valence-corrected chi connectivity index (χ3v) is 5.64. The van der Waals surface area contributed by atoms with Gasteiger partial charge in [0.15, 0.2) is 15.8 Å². The zero-order chi connectivity index (χ0) is 19.6. The lowest BCUT2D eigenvalue weighted by molar-refractivity contribution is -0.113. The molecule has 1 fully saturated rings. The van der Waals surface area contributed by atoms with E-state index in [9.17, 15) is 4.79 Å². The molecule has 2 aromatic rings. The number of carbonyl (C=O) groups is 1. The van der Waals surface area contributed by atoms with Gasteiger partial charge in [-0.05, 0) is 42.0 Å². The van der Waals surface area contributed by atoms with Crippen LogP contribution in [-0.2, 0) is 4.79 Å². The molecule has 27 heavy (non-hydrogen) atoms. The van der Waals surface area contributed by atoms with Crippen LogP contribution in [0, 0.1) is 0 Å². The lowest BCUT2D eigenvalue weighted by Crippen LogP contribution is -2.27. The molecule has 140 valence electrons. The van der Waals surface area contributed by atoms with Crippen molar-refractivity contribution >= 4 is 61.9 Å². The number of rotatable bonds is 5. The minimum Gasteiger partial charge on any atom is -0.493 e. The van der Waals surface area contributed by atoms with Crippen LogP contribution in [-0.4, -0.2) is 31.6 Å². The Kier molecular flexibility index (Phi) is 6.08. The van der Waals surface area contributed by atoms with E-state index >= 15 is 0 Å². The maximum atomic E-state index is 12.9. The highest BCUT2D eigenvalue weighted by Crippen LogP contribution is 2.41. The first-order chi connectivity index (χ1) is 13.0. The molecule has 3 rings (SSSR count). The van der Waals surface area contributed by atoms with E-state index in [4.69, 9.17) is 26.4 Å². The van der Waals surface area contributed by atoms with Crippen LogP contribution in [0.4, 0.5) is 5.69 Å². The van der Waals surface area contributed by atoms with Crippen molar-refractivity contribution in [3.63, 3.8) is 0 Å². The Labute approximate surface area is 175 Å². The van der Waals surface area contributed by atoms with Gasteiger partial charge in [-0.25, -0.2) is 0 Å². The quantitative estimate of drug-likeness (QED) is 0.463. The first-order valence-electron chi connectivity index (χ1n) is 7.82. The van der Waals surface area contributed by atoms with Gasteiger partial charge in [0.2, 0.25) is 5.75 Å². The summed E-state index contributed by atoms with van der Waals surface area (Å²) in [5.41, 5.74) is 1.47. The summed E-state index contributed by atoms with van der Waals surface area (Å²) in [6.07, 6.45) is 1.77. The van der Waals surface area contributed by atoms with Crippen molar-refractivity contribution in [3.8, 4) is 17.2 Å². The highest BCUT2D eigenvalue weighted by molar-refractivity contribution is 9.10. The van der Waals surface area contributed by atoms with Crippen LogP contribution in [0.1, 0.15) is 5.56 Å². The fourth-order valence-corrected chi connectivity index (χ4v) is 4.33. The lowest BCUT2D eigenvalue weighted by Gasteiger charge is -2.14. The molecule has 0 atom stereocenters.